The topological polar surface area (TPSA) is 165 Å². The maximum atomic E-state index is 13.4. The van der Waals surface area contributed by atoms with E-state index in [2.05, 4.69) is 26.0 Å². The van der Waals surface area contributed by atoms with Crippen molar-refractivity contribution in [2.45, 2.75) is 25.7 Å². The molecule has 3 aromatic heterocycles. The number of carbonyl (C=O) groups is 4. The van der Waals surface area contributed by atoms with Crippen LogP contribution < -0.4 is 21.8 Å². The predicted molar refractivity (Wildman–Crippen MR) is 156 cm³/mol. The number of carbonyl (C=O) groups excluding carboxylic acids is 4. The van der Waals surface area contributed by atoms with Crippen molar-refractivity contribution in [3.05, 3.63) is 76.6 Å². The van der Waals surface area contributed by atoms with Crippen molar-refractivity contribution in [2.75, 3.05) is 27.7 Å². The fraction of sp³-hybridized carbons (Fsp3) is 0.185. The number of benzene rings is 1. The van der Waals surface area contributed by atoms with E-state index in [1.165, 1.54) is 17.1 Å². The number of alkyl halides is 1. The van der Waals surface area contributed by atoms with Crippen molar-refractivity contribution < 1.29 is 19.2 Å². The van der Waals surface area contributed by atoms with Crippen LogP contribution in [0.5, 0.6) is 0 Å². The Labute approximate surface area is 239 Å². The second-order valence-electron chi connectivity index (χ2n) is 8.84. The quantitative estimate of drug-likeness (QED) is 0.0984. The molecule has 4 aromatic rings. The summed E-state index contributed by atoms with van der Waals surface area (Å²) in [7, 11) is 0. The molecular formula is C27H27ClN7O4S. The van der Waals surface area contributed by atoms with Gasteiger partial charge in [0, 0.05) is 51.8 Å². The molecule has 0 spiro atoms. The van der Waals surface area contributed by atoms with E-state index in [1.54, 1.807) is 38.7 Å². The SMILES string of the molecule is Cc1c(NC(=O)c2[nH]cc(NC(=O)c3c(C)c(-c4ccc(SCCCl)cc4)cn3NC=O)c2C)c[nH]c1C([NH])=O. The van der Waals surface area contributed by atoms with Gasteiger partial charge in [0.1, 0.15) is 17.1 Å². The third kappa shape index (κ3) is 5.77. The molecule has 1 aromatic carbocycles. The number of hydrogen-bond acceptors (Lipinski definition) is 5. The zero-order valence-electron chi connectivity index (χ0n) is 21.9. The second-order valence-corrected chi connectivity index (χ2v) is 10.4. The number of nitrogens with one attached hydrogen (secondary N) is 6. The van der Waals surface area contributed by atoms with Crippen LogP contribution in [0.15, 0.2) is 47.8 Å². The fourth-order valence-electron chi connectivity index (χ4n) is 4.30. The third-order valence-electron chi connectivity index (χ3n) is 6.41. The number of hydrogen-bond donors (Lipinski definition) is 5. The number of aromatic amines is 2. The predicted octanol–water partition coefficient (Wildman–Crippen LogP) is 4.70. The molecule has 0 saturated carbocycles. The first-order valence-corrected chi connectivity index (χ1v) is 13.6. The van der Waals surface area contributed by atoms with Crippen molar-refractivity contribution in [1.82, 2.24) is 20.4 Å². The molecule has 0 aliphatic carbocycles. The van der Waals surface area contributed by atoms with Gasteiger partial charge in [0.2, 0.25) is 6.41 Å². The lowest BCUT2D eigenvalue weighted by Crippen LogP contribution is -2.23. The molecule has 207 valence electrons. The summed E-state index contributed by atoms with van der Waals surface area (Å²) < 4.78 is 1.36. The van der Waals surface area contributed by atoms with Crippen LogP contribution in [0.1, 0.15) is 48.2 Å². The highest BCUT2D eigenvalue weighted by molar-refractivity contribution is 7.99. The van der Waals surface area contributed by atoms with Gasteiger partial charge in [-0.25, -0.2) is 0 Å². The van der Waals surface area contributed by atoms with Crippen molar-refractivity contribution in [2.24, 2.45) is 0 Å². The maximum Gasteiger partial charge on any atom is 0.286 e. The van der Waals surface area contributed by atoms with Crippen molar-refractivity contribution >= 4 is 58.9 Å². The Morgan fingerprint density at radius 1 is 0.950 bits per heavy atom. The number of halogens is 1. The highest BCUT2D eigenvalue weighted by Crippen LogP contribution is 2.30. The van der Waals surface area contributed by atoms with Crippen LogP contribution in [-0.4, -0.2) is 50.4 Å². The highest BCUT2D eigenvalue weighted by Gasteiger charge is 2.23. The van der Waals surface area contributed by atoms with E-state index in [1.807, 2.05) is 24.3 Å². The lowest BCUT2D eigenvalue weighted by molar-refractivity contribution is -0.106. The summed E-state index contributed by atoms with van der Waals surface area (Å²) in [5.74, 6) is -0.502. The molecule has 0 aliphatic rings. The van der Waals surface area contributed by atoms with E-state index in [-0.39, 0.29) is 17.1 Å². The third-order valence-corrected chi connectivity index (χ3v) is 7.83. The first-order valence-electron chi connectivity index (χ1n) is 12.1. The van der Waals surface area contributed by atoms with Gasteiger partial charge in [-0.1, -0.05) is 12.1 Å². The van der Waals surface area contributed by atoms with Gasteiger partial charge in [-0.3, -0.25) is 35.0 Å². The minimum atomic E-state index is -0.885. The number of H-pyrrole nitrogens is 2. The van der Waals surface area contributed by atoms with Gasteiger partial charge in [-0.2, -0.15) is 0 Å². The number of amides is 4. The summed E-state index contributed by atoms with van der Waals surface area (Å²) in [6, 6.07) is 7.85. The molecule has 3 heterocycles. The molecule has 0 bridgehead atoms. The molecule has 0 aliphatic heterocycles. The molecule has 11 nitrogen and oxygen atoms in total. The molecule has 13 heteroatoms. The van der Waals surface area contributed by atoms with E-state index in [0.717, 1.165) is 21.8 Å². The van der Waals surface area contributed by atoms with Gasteiger partial charge < -0.3 is 20.6 Å². The van der Waals surface area contributed by atoms with Crippen molar-refractivity contribution in [1.29, 1.82) is 0 Å². The Morgan fingerprint density at radius 2 is 1.55 bits per heavy atom. The van der Waals surface area contributed by atoms with Crippen LogP contribution in [0.3, 0.4) is 0 Å². The van der Waals surface area contributed by atoms with Crippen LogP contribution in [-0.2, 0) is 4.79 Å². The lowest BCUT2D eigenvalue weighted by atomic mass is 10.0. The number of nitrogens with zero attached hydrogens (tertiary/aromatic N) is 1. The smallest absolute Gasteiger partial charge is 0.286 e. The van der Waals surface area contributed by atoms with Crippen molar-refractivity contribution in [3.63, 3.8) is 0 Å². The molecule has 0 unspecified atom stereocenters. The van der Waals surface area contributed by atoms with Crippen LogP contribution in [0.2, 0.25) is 0 Å². The Balaban J connectivity index is 1.56. The molecular weight excluding hydrogens is 554 g/mol. The Morgan fingerprint density at radius 3 is 2.12 bits per heavy atom. The van der Waals surface area contributed by atoms with Gasteiger partial charge >= 0.3 is 0 Å². The average molecular weight is 581 g/mol. The van der Waals surface area contributed by atoms with Crippen LogP contribution in [0, 0.1) is 20.8 Å². The molecule has 4 amide bonds. The molecule has 0 fully saturated rings. The van der Waals surface area contributed by atoms with Gasteiger partial charge in [-0.15, -0.1) is 23.4 Å². The standard InChI is InChI=1S/C27H27ClN7O4S/c1-14-19(17-4-6-18(7-5-17)40-9-8-28)12-35(32-13-36)24(14)27(39)34-21-11-31-23(16(21)3)26(38)33-20-10-30-22(15(20)2)25(29)37/h4-7,10-13,29-31H,8-9H2,1-3H3,(H,32,36)(H,33,38)(H,34,39). The normalized spacial score (nSPS) is 10.8. The summed E-state index contributed by atoms with van der Waals surface area (Å²) in [5.41, 5.74) is 14.3. The van der Waals surface area contributed by atoms with E-state index >= 15 is 0 Å². The molecule has 6 N–H and O–H groups in total. The summed E-state index contributed by atoms with van der Waals surface area (Å²) in [4.78, 5) is 55.6. The van der Waals surface area contributed by atoms with E-state index in [9.17, 15) is 19.2 Å². The van der Waals surface area contributed by atoms with E-state index in [0.29, 0.717) is 40.4 Å². The van der Waals surface area contributed by atoms with Gasteiger partial charge in [-0.05, 0) is 44.0 Å². The molecule has 0 atom stereocenters. The Kier molecular flexibility index (Phi) is 8.70. The fourth-order valence-corrected chi connectivity index (χ4v) is 5.18. The molecule has 40 heavy (non-hydrogen) atoms. The summed E-state index contributed by atoms with van der Waals surface area (Å²) in [6.45, 7) is 5.09. The summed E-state index contributed by atoms with van der Waals surface area (Å²) in [6.07, 6.45) is 5.10. The number of anilines is 2. The van der Waals surface area contributed by atoms with Crippen molar-refractivity contribution in [3.8, 4) is 11.1 Å². The van der Waals surface area contributed by atoms with Crippen LogP contribution in [0.25, 0.3) is 11.1 Å². The largest absolute Gasteiger partial charge is 0.355 e. The zero-order chi connectivity index (χ0) is 29.0. The first kappa shape index (κ1) is 28.6. The minimum Gasteiger partial charge on any atom is -0.355 e. The average Bonchev–Trinajstić information content (AvgIpc) is 3.58. The minimum absolute atomic E-state index is 0.0919. The Hall–Kier alpha value is -4.42. The van der Waals surface area contributed by atoms with Gasteiger partial charge in [0.15, 0.2) is 0 Å². The van der Waals surface area contributed by atoms with Crippen LogP contribution in [0.4, 0.5) is 11.4 Å². The molecule has 0 saturated heterocycles. The lowest BCUT2D eigenvalue weighted by Gasteiger charge is -2.10. The number of aromatic nitrogens is 3. The van der Waals surface area contributed by atoms with E-state index < -0.39 is 17.7 Å². The zero-order valence-corrected chi connectivity index (χ0v) is 23.5. The van der Waals surface area contributed by atoms with Gasteiger partial charge in [0.05, 0.1) is 11.4 Å². The first-order chi connectivity index (χ1) is 19.2. The van der Waals surface area contributed by atoms with E-state index in [4.69, 9.17) is 17.3 Å². The second kappa shape index (κ2) is 12.2. The number of thioether (sulfide) groups is 1. The highest BCUT2D eigenvalue weighted by atomic mass is 35.5. The van der Waals surface area contributed by atoms with Gasteiger partial charge in [0.25, 0.3) is 17.7 Å². The Bertz CT molecular complexity index is 1590. The number of rotatable bonds is 11. The summed E-state index contributed by atoms with van der Waals surface area (Å²) in [5, 5.41) is 5.52. The van der Waals surface area contributed by atoms with Crippen LogP contribution >= 0.6 is 23.4 Å². The monoisotopic (exact) mass is 580 g/mol. The molecule has 4 rings (SSSR count). The summed E-state index contributed by atoms with van der Waals surface area (Å²) >= 11 is 7.42. The molecule has 1 radical (unpaired) electrons. The maximum absolute atomic E-state index is 13.4.